The molecule has 13 heteroatoms. The van der Waals surface area contributed by atoms with Gasteiger partial charge in [-0.05, 0) is 6.42 Å². The molecule has 0 radical (unpaired) electrons. The van der Waals surface area contributed by atoms with Crippen LogP contribution in [0, 0.1) is 0 Å². The van der Waals surface area contributed by atoms with Crippen molar-refractivity contribution in [2.75, 3.05) is 29.7 Å². The predicted molar refractivity (Wildman–Crippen MR) is 114 cm³/mol. The fourth-order valence-electron chi connectivity index (χ4n) is 2.06. The van der Waals surface area contributed by atoms with Crippen molar-refractivity contribution in [2.45, 2.75) is 12.8 Å². The molecule has 0 aliphatic carbocycles. The molecule has 0 aliphatic heterocycles. The molecule has 0 spiro atoms. The lowest BCUT2D eigenvalue weighted by atomic mass is 10.1. The molecule has 31 heavy (non-hydrogen) atoms. The second-order valence-electron chi connectivity index (χ2n) is 6.04. The SMILES string of the molecule is CS(C)=O.Nc1nc(N)c2nc(-c3ccccc3)c(N)nc2[nH+]1.O=C([O-])CCC(=O)O. The number of nitrogens with one attached hydrogen (secondary N) is 1. The van der Waals surface area contributed by atoms with Crippen LogP contribution in [0.25, 0.3) is 22.4 Å². The fourth-order valence-corrected chi connectivity index (χ4v) is 2.06. The van der Waals surface area contributed by atoms with Crippen LogP contribution in [0.1, 0.15) is 12.8 Å². The molecule has 3 rings (SSSR count). The Labute approximate surface area is 180 Å². The Morgan fingerprint density at radius 3 is 2.10 bits per heavy atom. The molecule has 0 bridgehead atoms. The van der Waals surface area contributed by atoms with Crippen LogP contribution < -0.4 is 27.3 Å². The number of nitrogens with two attached hydrogens (primary N) is 3. The number of aromatic amines is 1. The third-order valence-electron chi connectivity index (χ3n) is 3.24. The molecule has 2 aromatic heterocycles. The number of aromatic nitrogens is 4. The van der Waals surface area contributed by atoms with Crippen LogP contribution in [0.2, 0.25) is 0 Å². The highest BCUT2D eigenvalue weighted by Crippen LogP contribution is 2.24. The lowest BCUT2D eigenvalue weighted by Gasteiger charge is -2.04. The first-order valence-electron chi connectivity index (χ1n) is 8.64. The van der Waals surface area contributed by atoms with Gasteiger partial charge < -0.3 is 32.2 Å². The van der Waals surface area contributed by atoms with E-state index in [1.165, 1.54) is 0 Å². The van der Waals surface area contributed by atoms with E-state index in [2.05, 4.69) is 19.9 Å². The number of fused-ring (bicyclic) bond motifs is 1. The molecule has 2 heterocycles. The quantitative estimate of drug-likeness (QED) is 0.371. The van der Waals surface area contributed by atoms with Gasteiger partial charge in [0.25, 0.3) is 5.65 Å². The molecule has 8 N–H and O–H groups in total. The number of carboxylic acid groups (broad SMARTS) is 2. The minimum atomic E-state index is -1.33. The Morgan fingerprint density at radius 2 is 1.61 bits per heavy atom. The Bertz CT molecular complexity index is 1060. The van der Waals surface area contributed by atoms with E-state index in [0.29, 0.717) is 22.7 Å². The predicted octanol–water partition coefficient (Wildman–Crippen LogP) is -1.15. The van der Waals surface area contributed by atoms with Crippen LogP contribution in [0.3, 0.4) is 0 Å². The number of nitrogen functional groups attached to an aromatic ring is 3. The van der Waals surface area contributed by atoms with Gasteiger partial charge in [-0.15, -0.1) is 4.98 Å². The van der Waals surface area contributed by atoms with Gasteiger partial charge in [0.1, 0.15) is 5.69 Å². The van der Waals surface area contributed by atoms with Gasteiger partial charge in [0, 0.05) is 34.8 Å². The summed E-state index contributed by atoms with van der Waals surface area (Å²) >= 11 is 0. The summed E-state index contributed by atoms with van der Waals surface area (Å²) in [6, 6.07) is 9.51. The number of hydrogen-bond acceptors (Lipinski definition) is 10. The molecule has 0 aliphatic rings. The molecule has 0 amide bonds. The molecule has 3 aromatic rings. The second kappa shape index (κ2) is 12.0. The minimum Gasteiger partial charge on any atom is -0.550 e. The monoisotopic (exact) mass is 449 g/mol. The summed E-state index contributed by atoms with van der Waals surface area (Å²) in [5.74, 6) is -1.75. The van der Waals surface area contributed by atoms with Gasteiger partial charge in [-0.3, -0.25) is 9.00 Å². The maximum absolute atomic E-state index is 9.61. The van der Waals surface area contributed by atoms with E-state index in [9.17, 15) is 18.9 Å². The van der Waals surface area contributed by atoms with Crippen LogP contribution in [-0.2, 0) is 20.4 Å². The number of aliphatic carboxylic acids is 2. The van der Waals surface area contributed by atoms with E-state index < -0.39 is 29.2 Å². The molecule has 0 fully saturated rings. The van der Waals surface area contributed by atoms with Gasteiger partial charge in [-0.1, -0.05) is 35.3 Å². The number of anilines is 3. The Hall–Kier alpha value is -3.87. The van der Waals surface area contributed by atoms with Crippen molar-refractivity contribution < 1.29 is 29.0 Å². The lowest BCUT2D eigenvalue weighted by Crippen LogP contribution is -2.22. The van der Waals surface area contributed by atoms with E-state index in [0.717, 1.165) is 5.56 Å². The van der Waals surface area contributed by atoms with Crippen molar-refractivity contribution in [3.8, 4) is 11.3 Å². The van der Waals surface area contributed by atoms with E-state index in [1.54, 1.807) is 12.5 Å². The molecule has 0 atom stereocenters. The highest BCUT2D eigenvalue weighted by molar-refractivity contribution is 7.83. The summed E-state index contributed by atoms with van der Waals surface area (Å²) < 4.78 is 9.56. The van der Waals surface area contributed by atoms with Crippen LogP contribution in [0.5, 0.6) is 0 Å². The van der Waals surface area contributed by atoms with Crippen molar-refractivity contribution in [1.29, 1.82) is 0 Å². The van der Waals surface area contributed by atoms with Gasteiger partial charge in [0.2, 0.25) is 11.6 Å². The van der Waals surface area contributed by atoms with Crippen molar-refractivity contribution >= 4 is 51.5 Å². The number of carboxylic acids is 2. The van der Waals surface area contributed by atoms with Crippen molar-refractivity contribution in [1.82, 2.24) is 15.0 Å². The number of H-pyrrole nitrogens is 1. The first kappa shape index (κ1) is 25.2. The Balaban J connectivity index is 0.000000336. The van der Waals surface area contributed by atoms with Gasteiger partial charge in [0.05, 0.1) is 6.42 Å². The van der Waals surface area contributed by atoms with Crippen molar-refractivity contribution in [2.24, 2.45) is 0 Å². The molecule has 1 aromatic carbocycles. The lowest BCUT2D eigenvalue weighted by molar-refractivity contribution is -0.333. The van der Waals surface area contributed by atoms with Crippen LogP contribution in [0.15, 0.2) is 30.3 Å². The van der Waals surface area contributed by atoms with E-state index >= 15 is 0 Å². The number of hydrogen-bond donors (Lipinski definition) is 4. The molecular weight excluding hydrogens is 426 g/mol. The van der Waals surface area contributed by atoms with Crippen molar-refractivity contribution in [3.05, 3.63) is 30.3 Å². The average Bonchev–Trinajstić information content (AvgIpc) is 2.66. The molecule has 12 nitrogen and oxygen atoms in total. The molecule has 166 valence electrons. The zero-order valence-electron chi connectivity index (χ0n) is 16.9. The smallest absolute Gasteiger partial charge is 0.344 e. The summed E-state index contributed by atoms with van der Waals surface area (Å²) in [6.07, 6.45) is 2.51. The van der Waals surface area contributed by atoms with E-state index in [-0.39, 0.29) is 18.2 Å². The average molecular weight is 449 g/mol. The Morgan fingerprint density at radius 1 is 1.03 bits per heavy atom. The van der Waals surface area contributed by atoms with Crippen LogP contribution in [-0.4, -0.2) is 48.7 Å². The largest absolute Gasteiger partial charge is 0.550 e. The second-order valence-corrected chi connectivity index (χ2v) is 7.52. The number of rotatable bonds is 4. The third-order valence-corrected chi connectivity index (χ3v) is 3.24. The van der Waals surface area contributed by atoms with Crippen LogP contribution >= 0.6 is 0 Å². The third kappa shape index (κ3) is 8.99. The first-order valence-corrected chi connectivity index (χ1v) is 10.6. The standard InChI is InChI=1S/C12H11N7.C4H6O4.C2H6OS/c13-9-7(6-4-2-1-3-5-6)16-8-10(14)18-12(15)19-11(8)17-9;5-3(6)1-2-4(7)8;1-4(2)3/h1-5H,(H6,13,14,15,17,18,19);1-2H2,(H,5,6)(H,7,8);1-2H3. The highest BCUT2D eigenvalue weighted by atomic mass is 32.2. The van der Waals surface area contributed by atoms with E-state index in [4.69, 9.17) is 22.3 Å². The summed E-state index contributed by atoms with van der Waals surface area (Å²) in [7, 11) is -0.611. The summed E-state index contributed by atoms with van der Waals surface area (Å²) in [6.45, 7) is 0. The zero-order valence-corrected chi connectivity index (χ0v) is 17.7. The van der Waals surface area contributed by atoms with Crippen molar-refractivity contribution in [3.63, 3.8) is 0 Å². The van der Waals surface area contributed by atoms with Gasteiger partial charge in [0.15, 0.2) is 5.52 Å². The molecule has 0 saturated carbocycles. The van der Waals surface area contributed by atoms with Gasteiger partial charge >= 0.3 is 11.9 Å². The molecular formula is C18H23N7O5S. The number of carbonyl (C=O) groups is 2. The van der Waals surface area contributed by atoms with E-state index in [1.807, 2.05) is 30.3 Å². The number of carbonyl (C=O) groups excluding carboxylic acids is 1. The Kier molecular flexibility index (Phi) is 9.72. The summed E-state index contributed by atoms with van der Waals surface area (Å²) in [5, 5.41) is 17.4. The molecule has 0 saturated heterocycles. The highest BCUT2D eigenvalue weighted by Gasteiger charge is 2.16. The minimum absolute atomic E-state index is 0.172. The number of nitrogens with zero attached hydrogens (tertiary/aromatic N) is 3. The normalized spacial score (nSPS) is 9.90. The maximum atomic E-state index is 9.61. The maximum Gasteiger partial charge on any atom is 0.344 e. The van der Waals surface area contributed by atoms with Gasteiger partial charge in [-0.2, -0.15) is 0 Å². The summed E-state index contributed by atoms with van der Waals surface area (Å²) in [5.41, 5.74) is 19.6. The van der Waals surface area contributed by atoms with Crippen LogP contribution in [0.4, 0.5) is 17.6 Å². The first-order chi connectivity index (χ1) is 14.5. The topological polar surface area (TPSA) is 225 Å². The van der Waals surface area contributed by atoms with Gasteiger partial charge in [-0.25, -0.2) is 9.97 Å². The number of benzene rings is 1. The summed E-state index contributed by atoms with van der Waals surface area (Å²) in [4.78, 5) is 34.5. The zero-order chi connectivity index (χ0) is 23.6. The molecule has 0 unspecified atom stereocenters. The fraction of sp³-hybridized carbons (Fsp3) is 0.222.